The number of hydrogen-bond donors (Lipinski definition) is 1. The van der Waals surface area contributed by atoms with E-state index in [1.165, 1.54) is 0 Å². The zero-order chi connectivity index (χ0) is 14.8. The lowest BCUT2D eigenvalue weighted by Gasteiger charge is -2.17. The van der Waals surface area contributed by atoms with Gasteiger partial charge in [0, 0.05) is 37.6 Å². The van der Waals surface area contributed by atoms with Gasteiger partial charge in [0.15, 0.2) is 0 Å². The van der Waals surface area contributed by atoms with Crippen LogP contribution in [-0.2, 0) is 16.1 Å². The molecule has 1 aromatic heterocycles. The molecular formula is C15H15N3O3. The Morgan fingerprint density at radius 3 is 2.95 bits per heavy atom. The monoisotopic (exact) mass is 285 g/mol. The first kappa shape index (κ1) is 13.4. The fourth-order valence-corrected chi connectivity index (χ4v) is 2.54. The van der Waals surface area contributed by atoms with Crippen molar-refractivity contribution in [2.45, 2.75) is 13.0 Å². The van der Waals surface area contributed by atoms with E-state index in [-0.39, 0.29) is 18.9 Å². The van der Waals surface area contributed by atoms with Gasteiger partial charge in [0.1, 0.15) is 0 Å². The number of benzene rings is 1. The number of rotatable bonds is 4. The second-order valence-electron chi connectivity index (χ2n) is 5.15. The van der Waals surface area contributed by atoms with E-state index in [2.05, 4.69) is 4.98 Å². The van der Waals surface area contributed by atoms with Crippen molar-refractivity contribution in [2.24, 2.45) is 5.92 Å². The first-order valence-electron chi connectivity index (χ1n) is 6.71. The van der Waals surface area contributed by atoms with Gasteiger partial charge in [-0.15, -0.1) is 0 Å². The minimum absolute atomic E-state index is 0.0705. The lowest BCUT2D eigenvalue weighted by molar-refractivity contribution is -0.141. The highest BCUT2D eigenvalue weighted by molar-refractivity contribution is 5.99. The lowest BCUT2D eigenvalue weighted by atomic mass is 10.1. The van der Waals surface area contributed by atoms with E-state index in [0.717, 1.165) is 11.3 Å². The molecule has 2 heterocycles. The Hall–Kier alpha value is -2.63. The number of carboxylic acid groups (broad SMARTS) is 1. The van der Waals surface area contributed by atoms with E-state index in [4.69, 9.17) is 5.11 Å². The van der Waals surface area contributed by atoms with Gasteiger partial charge in [0.25, 0.3) is 0 Å². The number of imidazole rings is 1. The number of hydrogen-bond acceptors (Lipinski definition) is 3. The van der Waals surface area contributed by atoms with Crippen LogP contribution in [0.25, 0.3) is 0 Å². The highest BCUT2D eigenvalue weighted by Crippen LogP contribution is 2.26. The Morgan fingerprint density at radius 1 is 1.43 bits per heavy atom. The minimum Gasteiger partial charge on any atom is -0.481 e. The minimum atomic E-state index is -0.916. The van der Waals surface area contributed by atoms with Crippen LogP contribution in [0.1, 0.15) is 12.0 Å². The third-order valence-corrected chi connectivity index (χ3v) is 3.62. The summed E-state index contributed by atoms with van der Waals surface area (Å²) in [4.78, 5) is 28.5. The molecule has 1 fully saturated rings. The predicted octanol–water partition coefficient (Wildman–Crippen LogP) is 1.37. The van der Waals surface area contributed by atoms with Crippen LogP contribution in [0.3, 0.4) is 0 Å². The van der Waals surface area contributed by atoms with Crippen molar-refractivity contribution in [3.8, 4) is 0 Å². The molecule has 0 spiro atoms. The molecule has 1 aliphatic rings. The Morgan fingerprint density at radius 2 is 2.29 bits per heavy atom. The van der Waals surface area contributed by atoms with Gasteiger partial charge in [0.2, 0.25) is 5.91 Å². The van der Waals surface area contributed by atoms with Gasteiger partial charge in [0.05, 0.1) is 12.2 Å². The van der Waals surface area contributed by atoms with Gasteiger partial charge in [-0.3, -0.25) is 9.59 Å². The number of amides is 1. The highest BCUT2D eigenvalue weighted by Gasteiger charge is 2.34. The predicted molar refractivity (Wildman–Crippen MR) is 75.9 cm³/mol. The third kappa shape index (κ3) is 2.79. The van der Waals surface area contributed by atoms with Crippen molar-refractivity contribution in [2.75, 3.05) is 11.4 Å². The molecule has 2 aromatic rings. The first-order chi connectivity index (χ1) is 10.1. The van der Waals surface area contributed by atoms with Gasteiger partial charge < -0.3 is 14.6 Å². The van der Waals surface area contributed by atoms with E-state index in [1.54, 1.807) is 17.4 Å². The van der Waals surface area contributed by atoms with Crippen LogP contribution >= 0.6 is 0 Å². The number of carboxylic acids is 1. The Kier molecular flexibility index (Phi) is 3.43. The molecule has 0 saturated carbocycles. The van der Waals surface area contributed by atoms with Crippen LogP contribution in [0.5, 0.6) is 0 Å². The van der Waals surface area contributed by atoms with Crippen LogP contribution in [-0.4, -0.2) is 33.1 Å². The Labute approximate surface area is 121 Å². The molecular weight excluding hydrogens is 270 g/mol. The SMILES string of the molecule is O=C(O)C1CC(=O)N(c2cccc(Cn3ccnc3)c2)C1. The number of aromatic nitrogens is 2. The van der Waals surface area contributed by atoms with Gasteiger partial charge in [-0.1, -0.05) is 12.1 Å². The quantitative estimate of drug-likeness (QED) is 0.920. The van der Waals surface area contributed by atoms with Crippen molar-refractivity contribution in [1.29, 1.82) is 0 Å². The largest absolute Gasteiger partial charge is 0.481 e. The number of carbonyl (C=O) groups excluding carboxylic acids is 1. The number of nitrogens with zero attached hydrogens (tertiary/aromatic N) is 3. The summed E-state index contributed by atoms with van der Waals surface area (Å²) in [6.45, 7) is 0.904. The summed E-state index contributed by atoms with van der Waals surface area (Å²) < 4.78 is 1.94. The van der Waals surface area contributed by atoms with Gasteiger partial charge in [-0.25, -0.2) is 4.98 Å². The van der Waals surface area contributed by atoms with E-state index in [1.807, 2.05) is 35.0 Å². The molecule has 108 valence electrons. The van der Waals surface area contributed by atoms with E-state index < -0.39 is 11.9 Å². The van der Waals surface area contributed by atoms with E-state index in [9.17, 15) is 9.59 Å². The van der Waals surface area contributed by atoms with Crippen molar-refractivity contribution in [3.63, 3.8) is 0 Å². The standard InChI is InChI=1S/C15H15N3O3/c19-14-7-12(15(20)21)9-18(14)13-3-1-2-11(6-13)8-17-5-4-16-10-17/h1-6,10,12H,7-9H2,(H,20,21). The maximum atomic E-state index is 12.0. The fourth-order valence-electron chi connectivity index (χ4n) is 2.54. The molecule has 0 radical (unpaired) electrons. The Bertz CT molecular complexity index is 667. The molecule has 1 aliphatic heterocycles. The van der Waals surface area contributed by atoms with Crippen molar-refractivity contribution in [3.05, 3.63) is 48.5 Å². The topological polar surface area (TPSA) is 75.4 Å². The zero-order valence-corrected chi connectivity index (χ0v) is 11.3. The summed E-state index contributed by atoms with van der Waals surface area (Å²) >= 11 is 0. The normalized spacial score (nSPS) is 18.2. The maximum Gasteiger partial charge on any atom is 0.308 e. The highest BCUT2D eigenvalue weighted by atomic mass is 16.4. The molecule has 1 atom stereocenters. The van der Waals surface area contributed by atoms with Crippen molar-refractivity contribution >= 4 is 17.6 Å². The molecule has 3 rings (SSSR count). The number of anilines is 1. The zero-order valence-electron chi connectivity index (χ0n) is 11.3. The third-order valence-electron chi connectivity index (χ3n) is 3.62. The molecule has 21 heavy (non-hydrogen) atoms. The van der Waals surface area contributed by atoms with Crippen LogP contribution in [0.4, 0.5) is 5.69 Å². The summed E-state index contributed by atoms with van der Waals surface area (Å²) in [7, 11) is 0. The molecule has 1 saturated heterocycles. The molecule has 0 aliphatic carbocycles. The summed E-state index contributed by atoms with van der Waals surface area (Å²) in [5.74, 6) is -1.67. The van der Waals surface area contributed by atoms with E-state index >= 15 is 0 Å². The second kappa shape index (κ2) is 5.40. The Balaban J connectivity index is 1.80. The first-order valence-corrected chi connectivity index (χ1v) is 6.71. The molecule has 1 N–H and O–H groups in total. The van der Waals surface area contributed by atoms with E-state index in [0.29, 0.717) is 6.54 Å². The average molecular weight is 285 g/mol. The molecule has 6 heteroatoms. The molecule has 0 bridgehead atoms. The summed E-state index contributed by atoms with van der Waals surface area (Å²) in [6.07, 6.45) is 5.38. The molecule has 1 unspecified atom stereocenters. The van der Waals surface area contributed by atoms with Crippen LogP contribution in [0, 0.1) is 5.92 Å². The van der Waals surface area contributed by atoms with Gasteiger partial charge in [-0.05, 0) is 17.7 Å². The van der Waals surface area contributed by atoms with Gasteiger partial charge in [-0.2, -0.15) is 0 Å². The molecule has 1 aromatic carbocycles. The second-order valence-corrected chi connectivity index (χ2v) is 5.15. The number of aliphatic carboxylic acids is 1. The van der Waals surface area contributed by atoms with Crippen LogP contribution in [0.15, 0.2) is 43.0 Å². The van der Waals surface area contributed by atoms with Gasteiger partial charge >= 0.3 is 5.97 Å². The van der Waals surface area contributed by atoms with Crippen molar-refractivity contribution in [1.82, 2.24) is 9.55 Å². The van der Waals surface area contributed by atoms with Crippen molar-refractivity contribution < 1.29 is 14.7 Å². The summed E-state index contributed by atoms with van der Waals surface area (Å²) in [6, 6.07) is 7.60. The maximum absolute atomic E-state index is 12.0. The molecule has 1 amide bonds. The molecule has 6 nitrogen and oxygen atoms in total. The smallest absolute Gasteiger partial charge is 0.308 e. The van der Waals surface area contributed by atoms with Crippen LogP contribution in [0.2, 0.25) is 0 Å². The summed E-state index contributed by atoms with van der Waals surface area (Å²) in [5.41, 5.74) is 1.79. The van der Waals surface area contributed by atoms with Crippen LogP contribution < -0.4 is 4.90 Å². The fraction of sp³-hybridized carbons (Fsp3) is 0.267. The average Bonchev–Trinajstić information content (AvgIpc) is 3.08. The number of carbonyl (C=O) groups is 2. The summed E-state index contributed by atoms with van der Waals surface area (Å²) in [5, 5.41) is 9.03. The lowest BCUT2D eigenvalue weighted by Crippen LogP contribution is -2.25.